The van der Waals surface area contributed by atoms with Gasteiger partial charge in [-0.25, -0.2) is 4.39 Å². The fourth-order valence-corrected chi connectivity index (χ4v) is 3.27. The Labute approximate surface area is 165 Å². The topological polar surface area (TPSA) is 68.0 Å². The maximum atomic E-state index is 12.9. The first-order chi connectivity index (χ1) is 13.1. The number of nitrogens with zero attached hydrogens (tertiary/aromatic N) is 2. The zero-order chi connectivity index (χ0) is 19.1. The molecule has 1 heterocycles. The van der Waals surface area contributed by atoms with Crippen molar-refractivity contribution in [3.8, 4) is 0 Å². The van der Waals surface area contributed by atoms with Gasteiger partial charge in [-0.1, -0.05) is 28.8 Å². The predicted octanol–water partition coefficient (Wildman–Crippen LogP) is 4.96. The van der Waals surface area contributed by atoms with Crippen molar-refractivity contribution < 1.29 is 13.6 Å². The summed E-state index contributed by atoms with van der Waals surface area (Å²) in [6.45, 7) is 0. The predicted molar refractivity (Wildman–Crippen MR) is 104 cm³/mol. The Kier molecular flexibility index (Phi) is 6.84. The first kappa shape index (κ1) is 19.4. The number of hydrogen-bond donors (Lipinski definition) is 1. The van der Waals surface area contributed by atoms with Crippen LogP contribution in [-0.2, 0) is 11.2 Å². The molecule has 0 aliphatic rings. The summed E-state index contributed by atoms with van der Waals surface area (Å²) in [5, 5.41) is 11.0. The van der Waals surface area contributed by atoms with E-state index in [1.54, 1.807) is 23.9 Å². The molecule has 0 spiro atoms. The van der Waals surface area contributed by atoms with Gasteiger partial charge in [-0.15, -0.1) is 16.9 Å². The average Bonchev–Trinajstić information content (AvgIpc) is 3.09. The molecule has 1 N–H and O–H groups in total. The number of carbonyl (C=O) groups excluding carboxylic acids is 1. The second-order valence-electron chi connectivity index (χ2n) is 5.76. The molecule has 0 bridgehead atoms. The van der Waals surface area contributed by atoms with Gasteiger partial charge >= 0.3 is 6.01 Å². The lowest BCUT2D eigenvalue weighted by Crippen LogP contribution is -2.11. The number of hydrogen-bond acceptors (Lipinski definition) is 5. The number of aromatic nitrogens is 2. The van der Waals surface area contributed by atoms with E-state index in [4.69, 9.17) is 16.0 Å². The first-order valence-corrected chi connectivity index (χ1v) is 9.70. The van der Waals surface area contributed by atoms with Crippen LogP contribution in [0.25, 0.3) is 0 Å². The van der Waals surface area contributed by atoms with Crippen molar-refractivity contribution in [1.29, 1.82) is 0 Å². The molecule has 8 heteroatoms. The maximum Gasteiger partial charge on any atom is 0.322 e. The minimum atomic E-state index is -0.300. The number of rotatable bonds is 8. The highest BCUT2D eigenvalue weighted by Gasteiger charge is 2.10. The van der Waals surface area contributed by atoms with E-state index < -0.39 is 0 Å². The summed E-state index contributed by atoms with van der Waals surface area (Å²) in [7, 11) is 0. The van der Waals surface area contributed by atoms with Crippen LogP contribution >= 0.6 is 23.4 Å². The zero-order valence-corrected chi connectivity index (χ0v) is 15.9. The Balaban J connectivity index is 1.39. The smallest absolute Gasteiger partial charge is 0.322 e. The van der Waals surface area contributed by atoms with E-state index in [9.17, 15) is 9.18 Å². The highest BCUT2D eigenvalue weighted by atomic mass is 35.5. The molecule has 2 aromatic carbocycles. The summed E-state index contributed by atoms with van der Waals surface area (Å²) in [5.74, 6) is 0.694. The fraction of sp³-hybridized carbons (Fsp3) is 0.211. The number of benzene rings is 2. The summed E-state index contributed by atoms with van der Waals surface area (Å²) in [6, 6.07) is 13.7. The number of nitrogens with one attached hydrogen (secondary N) is 1. The summed E-state index contributed by atoms with van der Waals surface area (Å²) in [4.78, 5) is 13.1. The van der Waals surface area contributed by atoms with E-state index in [1.807, 2.05) is 24.3 Å². The fourth-order valence-electron chi connectivity index (χ4n) is 2.29. The molecule has 0 radical (unpaired) electrons. The van der Waals surface area contributed by atoms with E-state index in [2.05, 4.69) is 15.5 Å². The van der Waals surface area contributed by atoms with E-state index in [-0.39, 0.29) is 17.7 Å². The highest BCUT2D eigenvalue weighted by molar-refractivity contribution is 7.99. The van der Waals surface area contributed by atoms with Gasteiger partial charge < -0.3 is 4.42 Å². The highest BCUT2D eigenvalue weighted by Crippen LogP contribution is 2.21. The molecule has 0 aliphatic carbocycles. The van der Waals surface area contributed by atoms with Crippen molar-refractivity contribution in [2.24, 2.45) is 0 Å². The molecular formula is C19H17ClFN3O2S. The number of anilines is 1. The van der Waals surface area contributed by atoms with Crippen LogP contribution in [0, 0.1) is 5.82 Å². The second-order valence-corrected chi connectivity index (χ2v) is 7.36. The Bertz CT molecular complexity index is 885. The van der Waals surface area contributed by atoms with Gasteiger partial charge in [0, 0.05) is 16.3 Å². The number of amides is 1. The monoisotopic (exact) mass is 405 g/mol. The lowest BCUT2D eigenvalue weighted by molar-refractivity contribution is -0.116. The van der Waals surface area contributed by atoms with Crippen molar-refractivity contribution in [2.75, 3.05) is 11.1 Å². The van der Waals surface area contributed by atoms with Gasteiger partial charge in [0.05, 0.1) is 6.42 Å². The van der Waals surface area contributed by atoms with E-state index in [0.29, 0.717) is 23.8 Å². The Morgan fingerprint density at radius 1 is 1.11 bits per heavy atom. The lowest BCUT2D eigenvalue weighted by atomic mass is 10.1. The quantitative estimate of drug-likeness (QED) is 0.423. The molecule has 0 aliphatic heterocycles. The number of halogens is 2. The third-order valence-electron chi connectivity index (χ3n) is 3.61. The van der Waals surface area contributed by atoms with Crippen LogP contribution in [-0.4, -0.2) is 21.9 Å². The number of thioether (sulfide) groups is 1. The largest absolute Gasteiger partial charge is 0.407 e. The average molecular weight is 406 g/mol. The molecular weight excluding hydrogens is 389 g/mol. The van der Waals surface area contributed by atoms with Crippen LogP contribution in [0.4, 0.5) is 10.4 Å². The van der Waals surface area contributed by atoms with E-state index in [0.717, 1.165) is 22.6 Å². The van der Waals surface area contributed by atoms with Crippen molar-refractivity contribution >= 4 is 35.3 Å². The Morgan fingerprint density at radius 3 is 2.59 bits per heavy atom. The zero-order valence-electron chi connectivity index (χ0n) is 14.3. The molecule has 0 saturated heterocycles. The van der Waals surface area contributed by atoms with Crippen LogP contribution < -0.4 is 5.32 Å². The summed E-state index contributed by atoms with van der Waals surface area (Å²) in [5.41, 5.74) is 0.845. The number of carbonyl (C=O) groups is 1. The van der Waals surface area contributed by atoms with Crippen LogP contribution in [0.5, 0.6) is 0 Å². The lowest BCUT2D eigenvalue weighted by Gasteiger charge is -2.02. The van der Waals surface area contributed by atoms with Crippen molar-refractivity contribution in [1.82, 2.24) is 10.2 Å². The molecule has 27 heavy (non-hydrogen) atoms. The van der Waals surface area contributed by atoms with Gasteiger partial charge in [-0.3, -0.25) is 10.1 Å². The molecule has 3 rings (SSSR count). The second kappa shape index (κ2) is 9.53. The molecule has 3 aromatic rings. The minimum Gasteiger partial charge on any atom is -0.407 e. The molecule has 1 aromatic heterocycles. The van der Waals surface area contributed by atoms with Gasteiger partial charge in [0.2, 0.25) is 11.8 Å². The molecule has 0 saturated carbocycles. The Hall–Kier alpha value is -2.38. The third-order valence-corrected chi connectivity index (χ3v) is 4.96. The van der Waals surface area contributed by atoms with Gasteiger partial charge in [0.25, 0.3) is 0 Å². The summed E-state index contributed by atoms with van der Waals surface area (Å²) in [6.07, 6.45) is 1.45. The van der Waals surface area contributed by atoms with Gasteiger partial charge in [0.1, 0.15) is 5.82 Å². The van der Waals surface area contributed by atoms with Crippen LogP contribution in [0.3, 0.4) is 0 Å². The summed E-state index contributed by atoms with van der Waals surface area (Å²) >= 11 is 7.51. The SMILES string of the molecule is O=C(CCCSc1ccc(Cl)cc1)Nc1nnc(Cc2ccc(F)cc2)o1. The maximum absolute atomic E-state index is 12.9. The van der Waals surface area contributed by atoms with Gasteiger partial charge in [0.15, 0.2) is 0 Å². The minimum absolute atomic E-state index is 0.0717. The van der Waals surface area contributed by atoms with Crippen molar-refractivity contribution in [3.05, 3.63) is 70.8 Å². The van der Waals surface area contributed by atoms with Crippen LogP contribution in [0.15, 0.2) is 57.8 Å². The molecule has 1 amide bonds. The third kappa shape index (κ3) is 6.37. The molecule has 0 atom stereocenters. The van der Waals surface area contributed by atoms with Gasteiger partial charge in [-0.2, -0.15) is 0 Å². The molecule has 5 nitrogen and oxygen atoms in total. The van der Waals surface area contributed by atoms with E-state index in [1.165, 1.54) is 12.1 Å². The molecule has 140 valence electrons. The van der Waals surface area contributed by atoms with Crippen molar-refractivity contribution in [2.45, 2.75) is 24.2 Å². The standard InChI is InChI=1S/C19H17ClFN3O2S/c20-14-5-9-16(10-6-14)27-11-1-2-17(25)22-19-24-23-18(26-19)12-13-3-7-15(21)8-4-13/h3-10H,1-2,11-12H2,(H,22,24,25). The first-order valence-electron chi connectivity index (χ1n) is 8.33. The molecule has 0 unspecified atom stereocenters. The normalized spacial score (nSPS) is 10.7. The van der Waals surface area contributed by atoms with Crippen LogP contribution in [0.2, 0.25) is 5.02 Å². The van der Waals surface area contributed by atoms with E-state index >= 15 is 0 Å². The molecule has 0 fully saturated rings. The van der Waals surface area contributed by atoms with Crippen molar-refractivity contribution in [3.63, 3.8) is 0 Å². The van der Waals surface area contributed by atoms with Gasteiger partial charge in [-0.05, 0) is 54.1 Å². The Morgan fingerprint density at radius 2 is 1.85 bits per heavy atom. The van der Waals surface area contributed by atoms with Crippen LogP contribution in [0.1, 0.15) is 24.3 Å². The summed E-state index contributed by atoms with van der Waals surface area (Å²) < 4.78 is 18.3.